The van der Waals surface area contributed by atoms with Crippen LogP contribution < -0.4 is 5.32 Å². The van der Waals surface area contributed by atoms with Crippen LogP contribution in [0.4, 0.5) is 4.39 Å². The maximum atomic E-state index is 14.2. The highest BCUT2D eigenvalue weighted by atomic mass is 32.2. The summed E-state index contributed by atoms with van der Waals surface area (Å²) < 4.78 is 14.2. The first-order valence-corrected chi connectivity index (χ1v) is 8.74. The van der Waals surface area contributed by atoms with Gasteiger partial charge in [-0.3, -0.25) is 9.69 Å². The van der Waals surface area contributed by atoms with Crippen LogP contribution in [0.5, 0.6) is 0 Å². The second-order valence-corrected chi connectivity index (χ2v) is 6.64. The largest absolute Gasteiger partial charge is 0.303 e. The minimum absolute atomic E-state index is 0.0722. The van der Waals surface area contributed by atoms with E-state index in [0.29, 0.717) is 28.6 Å². The summed E-state index contributed by atoms with van der Waals surface area (Å²) in [6.07, 6.45) is 5.16. The third-order valence-electron chi connectivity index (χ3n) is 3.86. The average molecular weight is 334 g/mol. The lowest BCUT2D eigenvalue weighted by atomic mass is 10.1. The molecule has 0 bridgehead atoms. The lowest BCUT2D eigenvalue weighted by Gasteiger charge is -2.26. The fourth-order valence-electron chi connectivity index (χ4n) is 2.66. The molecule has 0 aliphatic carbocycles. The summed E-state index contributed by atoms with van der Waals surface area (Å²) in [5.41, 5.74) is 1.37. The molecule has 5 nitrogen and oxygen atoms in total. The van der Waals surface area contributed by atoms with E-state index in [-0.39, 0.29) is 11.7 Å². The maximum Gasteiger partial charge on any atom is 0.236 e. The van der Waals surface area contributed by atoms with Crippen molar-refractivity contribution in [2.75, 3.05) is 18.8 Å². The van der Waals surface area contributed by atoms with E-state index < -0.39 is 0 Å². The first kappa shape index (κ1) is 16.1. The molecule has 0 radical (unpaired) electrons. The van der Waals surface area contributed by atoms with E-state index in [9.17, 15) is 9.18 Å². The number of carbonyl (C=O) groups excluding carboxylic acids is 1. The molecule has 1 aromatic carbocycles. The van der Waals surface area contributed by atoms with Gasteiger partial charge in [-0.15, -0.1) is 5.10 Å². The van der Waals surface area contributed by atoms with Gasteiger partial charge in [0, 0.05) is 12.1 Å². The maximum absolute atomic E-state index is 14.2. The molecule has 122 valence electrons. The number of likely N-dealkylation sites (tertiary alicyclic amines) is 1. The third kappa shape index (κ3) is 4.62. The lowest BCUT2D eigenvalue weighted by molar-refractivity contribution is -0.116. The molecule has 2 heterocycles. The van der Waals surface area contributed by atoms with E-state index in [2.05, 4.69) is 20.4 Å². The summed E-state index contributed by atoms with van der Waals surface area (Å²) >= 11 is 1.31. The van der Waals surface area contributed by atoms with Gasteiger partial charge in [0.25, 0.3) is 0 Å². The summed E-state index contributed by atoms with van der Waals surface area (Å²) in [5.74, 6) is 0.0848. The van der Waals surface area contributed by atoms with Gasteiger partial charge in [-0.25, -0.2) is 4.39 Å². The van der Waals surface area contributed by atoms with Crippen LogP contribution in [0.15, 0.2) is 28.4 Å². The molecule has 0 atom stereocenters. The normalized spacial score (nSPS) is 21.3. The van der Waals surface area contributed by atoms with E-state index in [1.165, 1.54) is 43.3 Å². The Labute approximate surface area is 139 Å². The smallest absolute Gasteiger partial charge is 0.236 e. The molecule has 2 fully saturated rings. The molecule has 1 aromatic rings. The molecule has 23 heavy (non-hydrogen) atoms. The van der Waals surface area contributed by atoms with Crippen LogP contribution in [-0.4, -0.2) is 41.0 Å². The molecule has 2 aliphatic heterocycles. The summed E-state index contributed by atoms with van der Waals surface area (Å²) in [6, 6.07) is 5.13. The van der Waals surface area contributed by atoms with Crippen molar-refractivity contribution in [3.8, 4) is 0 Å². The molecular formula is C16H19FN4OS. The van der Waals surface area contributed by atoms with Crippen molar-refractivity contribution < 1.29 is 9.18 Å². The SMILES string of the molecule is O=C1CSC(=NN=Cc2ccc(CN3CCCCC3)c(F)c2)N1. The predicted molar refractivity (Wildman–Crippen MR) is 91.2 cm³/mol. The van der Waals surface area contributed by atoms with Crippen LogP contribution in [0.2, 0.25) is 0 Å². The summed E-state index contributed by atoms with van der Waals surface area (Å²) in [7, 11) is 0. The van der Waals surface area contributed by atoms with Crippen LogP contribution in [-0.2, 0) is 11.3 Å². The van der Waals surface area contributed by atoms with Gasteiger partial charge in [0.2, 0.25) is 5.91 Å². The van der Waals surface area contributed by atoms with Crippen molar-refractivity contribution in [1.82, 2.24) is 10.2 Å². The minimum Gasteiger partial charge on any atom is -0.303 e. The number of hydrogen-bond acceptors (Lipinski definition) is 5. The summed E-state index contributed by atoms with van der Waals surface area (Å²) in [6.45, 7) is 2.75. The fraction of sp³-hybridized carbons (Fsp3) is 0.438. The lowest BCUT2D eigenvalue weighted by Crippen LogP contribution is -2.29. The molecule has 1 N–H and O–H groups in total. The first-order chi connectivity index (χ1) is 11.2. The van der Waals surface area contributed by atoms with Crippen molar-refractivity contribution >= 4 is 29.1 Å². The Morgan fingerprint density at radius 1 is 1.30 bits per heavy atom. The van der Waals surface area contributed by atoms with Gasteiger partial charge in [0.15, 0.2) is 5.17 Å². The number of nitrogens with one attached hydrogen (secondary N) is 1. The van der Waals surface area contributed by atoms with Crippen molar-refractivity contribution in [3.63, 3.8) is 0 Å². The van der Waals surface area contributed by atoms with Crippen LogP contribution in [0.25, 0.3) is 0 Å². The number of halogens is 1. The molecule has 2 aliphatic rings. The minimum atomic E-state index is -0.212. The highest BCUT2D eigenvalue weighted by Crippen LogP contribution is 2.16. The van der Waals surface area contributed by atoms with Crippen LogP contribution in [0, 0.1) is 5.82 Å². The zero-order valence-electron chi connectivity index (χ0n) is 12.8. The average Bonchev–Trinajstić information content (AvgIpc) is 2.96. The number of hydrogen-bond donors (Lipinski definition) is 1. The highest BCUT2D eigenvalue weighted by Gasteiger charge is 2.16. The Kier molecular flexibility index (Phi) is 5.40. The van der Waals surface area contributed by atoms with Gasteiger partial charge >= 0.3 is 0 Å². The quantitative estimate of drug-likeness (QED) is 0.679. The Morgan fingerprint density at radius 3 is 2.83 bits per heavy atom. The molecule has 1 amide bonds. The number of nitrogens with zero attached hydrogens (tertiary/aromatic N) is 3. The zero-order chi connectivity index (χ0) is 16.1. The van der Waals surface area contributed by atoms with Crippen LogP contribution in [0.3, 0.4) is 0 Å². The van der Waals surface area contributed by atoms with E-state index in [0.717, 1.165) is 13.1 Å². The molecule has 3 rings (SSSR count). The fourth-order valence-corrected chi connectivity index (χ4v) is 3.29. The third-order valence-corrected chi connectivity index (χ3v) is 4.73. The Hall–Kier alpha value is -1.73. The number of thioether (sulfide) groups is 1. The monoisotopic (exact) mass is 334 g/mol. The molecule has 0 saturated carbocycles. The second-order valence-electron chi connectivity index (χ2n) is 5.67. The standard InChI is InChI=1S/C16H19FN4OS/c17-14-8-12(9-18-20-16-19-15(22)11-23-16)4-5-13(14)10-21-6-2-1-3-7-21/h4-5,8-9H,1-3,6-7,10-11H2,(H,19,20,22). The second kappa shape index (κ2) is 7.70. The predicted octanol–water partition coefficient (Wildman–Crippen LogP) is 2.36. The van der Waals surface area contributed by atoms with Crippen LogP contribution >= 0.6 is 11.8 Å². The number of carbonyl (C=O) groups is 1. The topological polar surface area (TPSA) is 57.1 Å². The van der Waals surface area contributed by atoms with E-state index >= 15 is 0 Å². The van der Waals surface area contributed by atoms with E-state index in [4.69, 9.17) is 0 Å². The van der Waals surface area contributed by atoms with Gasteiger partial charge in [0.05, 0.1) is 12.0 Å². The zero-order valence-corrected chi connectivity index (χ0v) is 13.6. The van der Waals surface area contributed by atoms with Crippen molar-refractivity contribution in [2.45, 2.75) is 25.8 Å². The van der Waals surface area contributed by atoms with Gasteiger partial charge in [-0.05, 0) is 37.6 Å². The molecule has 7 heteroatoms. The first-order valence-electron chi connectivity index (χ1n) is 7.75. The molecule has 0 spiro atoms. The van der Waals surface area contributed by atoms with E-state index in [1.807, 2.05) is 12.1 Å². The Morgan fingerprint density at radius 2 is 2.13 bits per heavy atom. The molecule has 0 aromatic heterocycles. The Bertz CT molecular complexity index is 641. The molecule has 2 saturated heterocycles. The number of benzene rings is 1. The van der Waals surface area contributed by atoms with Crippen LogP contribution in [0.1, 0.15) is 30.4 Å². The van der Waals surface area contributed by atoms with Crippen molar-refractivity contribution in [1.29, 1.82) is 0 Å². The Balaban J connectivity index is 1.61. The number of piperidine rings is 1. The summed E-state index contributed by atoms with van der Waals surface area (Å²) in [5, 5.41) is 10.9. The highest BCUT2D eigenvalue weighted by molar-refractivity contribution is 8.15. The van der Waals surface area contributed by atoms with Gasteiger partial charge in [0.1, 0.15) is 5.82 Å². The van der Waals surface area contributed by atoms with Crippen molar-refractivity contribution in [2.24, 2.45) is 10.2 Å². The van der Waals surface area contributed by atoms with Gasteiger partial charge < -0.3 is 5.32 Å². The van der Waals surface area contributed by atoms with Gasteiger partial charge in [-0.2, -0.15) is 5.10 Å². The van der Waals surface area contributed by atoms with Gasteiger partial charge in [-0.1, -0.05) is 30.3 Å². The number of amidine groups is 1. The van der Waals surface area contributed by atoms with E-state index in [1.54, 1.807) is 0 Å². The molecular weight excluding hydrogens is 315 g/mol. The van der Waals surface area contributed by atoms with Crippen molar-refractivity contribution in [3.05, 3.63) is 35.1 Å². The number of amides is 1. The number of rotatable bonds is 4. The summed E-state index contributed by atoms with van der Waals surface area (Å²) in [4.78, 5) is 13.3. The molecule has 0 unspecified atom stereocenters.